The van der Waals surface area contributed by atoms with Crippen molar-refractivity contribution in [2.45, 2.75) is 16.3 Å². The van der Waals surface area contributed by atoms with E-state index >= 15 is 0 Å². The van der Waals surface area contributed by atoms with Crippen LogP contribution in [0.15, 0.2) is 38.9 Å². The second-order valence-electron chi connectivity index (χ2n) is 4.25. The van der Waals surface area contributed by atoms with Crippen LogP contribution in [-0.4, -0.2) is 23.2 Å². The fraction of sp³-hybridized carbons (Fsp3) is 0.231. The predicted molar refractivity (Wildman–Crippen MR) is 83.7 cm³/mol. The molecule has 0 unspecified atom stereocenters. The highest BCUT2D eigenvalue weighted by Crippen LogP contribution is 2.39. The average molecular weight is 369 g/mol. The van der Waals surface area contributed by atoms with E-state index in [1.54, 1.807) is 0 Å². The van der Waals surface area contributed by atoms with E-state index in [0.29, 0.717) is 19.0 Å². The molecule has 1 aliphatic rings. The minimum absolute atomic E-state index is 0.543. The number of aromatic nitrogens is 2. The van der Waals surface area contributed by atoms with Crippen molar-refractivity contribution in [1.82, 2.24) is 9.97 Å². The van der Waals surface area contributed by atoms with Gasteiger partial charge in [0, 0.05) is 11.3 Å². The number of hydrogen-bond donors (Lipinski definition) is 2. The molecule has 1 aromatic carbocycles. The van der Waals surface area contributed by atoms with Gasteiger partial charge in [-0.25, -0.2) is 15.8 Å². The molecule has 0 atom stereocenters. The van der Waals surface area contributed by atoms with Crippen molar-refractivity contribution in [3.05, 3.63) is 29.0 Å². The summed E-state index contributed by atoms with van der Waals surface area (Å²) in [5.74, 6) is 7.49. The summed E-state index contributed by atoms with van der Waals surface area (Å²) in [5, 5.41) is 0.771. The van der Waals surface area contributed by atoms with Crippen LogP contribution in [0.4, 0.5) is 5.82 Å². The number of nitrogens with two attached hydrogens (primary N) is 1. The van der Waals surface area contributed by atoms with Gasteiger partial charge in [0.15, 0.2) is 17.3 Å². The van der Waals surface area contributed by atoms with Gasteiger partial charge in [-0.3, -0.25) is 0 Å². The molecule has 3 N–H and O–H groups in total. The average Bonchev–Trinajstić information content (AvgIpc) is 2.74. The van der Waals surface area contributed by atoms with Crippen LogP contribution in [0.25, 0.3) is 0 Å². The topological polar surface area (TPSA) is 82.3 Å². The summed E-state index contributed by atoms with van der Waals surface area (Å²) in [6.07, 6.45) is 2.35. The number of fused-ring (bicyclic) bond motifs is 1. The molecular weight excluding hydrogens is 356 g/mol. The molecule has 21 heavy (non-hydrogen) atoms. The number of halogens is 1. The summed E-state index contributed by atoms with van der Waals surface area (Å²) >= 11 is 4.94. The Morgan fingerprint density at radius 1 is 1.19 bits per heavy atom. The van der Waals surface area contributed by atoms with Gasteiger partial charge in [0.2, 0.25) is 0 Å². The van der Waals surface area contributed by atoms with Crippen LogP contribution in [0, 0.1) is 0 Å². The fourth-order valence-corrected chi connectivity index (χ4v) is 3.22. The lowest BCUT2D eigenvalue weighted by molar-refractivity contribution is 0.297. The molecular formula is C13H13BrN4O2S. The first-order valence-corrected chi connectivity index (χ1v) is 7.93. The number of ether oxygens (including phenoxy) is 2. The Bertz CT molecular complexity index is 656. The Morgan fingerprint density at radius 2 is 2.00 bits per heavy atom. The van der Waals surface area contributed by atoms with Gasteiger partial charge in [-0.05, 0) is 34.1 Å². The molecule has 8 heteroatoms. The maximum Gasteiger partial charge on any atom is 0.162 e. The Morgan fingerprint density at radius 3 is 2.81 bits per heavy atom. The SMILES string of the molecule is NNc1ncnc(Sc2ccc3c(c2)OCCCO3)c1Br. The lowest BCUT2D eigenvalue weighted by Gasteiger charge is -2.10. The van der Waals surface area contributed by atoms with Gasteiger partial charge >= 0.3 is 0 Å². The van der Waals surface area contributed by atoms with Crippen molar-refractivity contribution in [2.24, 2.45) is 5.84 Å². The second-order valence-corrected chi connectivity index (χ2v) is 6.10. The normalized spacial score (nSPS) is 13.6. The van der Waals surface area contributed by atoms with Crippen molar-refractivity contribution in [1.29, 1.82) is 0 Å². The van der Waals surface area contributed by atoms with Crippen molar-refractivity contribution in [3.63, 3.8) is 0 Å². The van der Waals surface area contributed by atoms with Crippen molar-refractivity contribution in [2.75, 3.05) is 18.6 Å². The van der Waals surface area contributed by atoms with E-state index in [2.05, 4.69) is 31.3 Å². The first-order chi connectivity index (χ1) is 10.3. The highest BCUT2D eigenvalue weighted by molar-refractivity contribution is 9.10. The molecule has 0 radical (unpaired) electrons. The number of rotatable bonds is 3. The van der Waals surface area contributed by atoms with Gasteiger partial charge in [-0.15, -0.1) is 0 Å². The Balaban J connectivity index is 1.87. The van der Waals surface area contributed by atoms with Crippen LogP contribution in [-0.2, 0) is 0 Å². The zero-order valence-electron chi connectivity index (χ0n) is 11.0. The lowest BCUT2D eigenvalue weighted by Crippen LogP contribution is -2.09. The zero-order valence-corrected chi connectivity index (χ0v) is 13.4. The van der Waals surface area contributed by atoms with Crippen molar-refractivity contribution < 1.29 is 9.47 Å². The molecule has 0 saturated carbocycles. The molecule has 3 rings (SSSR count). The van der Waals surface area contributed by atoms with E-state index < -0.39 is 0 Å². The van der Waals surface area contributed by atoms with E-state index in [1.165, 1.54) is 18.1 Å². The Hall–Kier alpha value is -1.51. The van der Waals surface area contributed by atoms with E-state index in [-0.39, 0.29) is 0 Å². The number of nitrogen functional groups attached to an aromatic ring is 1. The van der Waals surface area contributed by atoms with Gasteiger partial charge in [-0.2, -0.15) is 0 Å². The van der Waals surface area contributed by atoms with E-state index in [4.69, 9.17) is 15.3 Å². The van der Waals surface area contributed by atoms with Crippen LogP contribution >= 0.6 is 27.7 Å². The molecule has 2 aromatic rings. The summed E-state index contributed by atoms with van der Waals surface area (Å²) < 4.78 is 12.0. The smallest absolute Gasteiger partial charge is 0.162 e. The molecule has 0 spiro atoms. The van der Waals surface area contributed by atoms with Gasteiger partial charge in [-0.1, -0.05) is 11.8 Å². The maximum absolute atomic E-state index is 5.69. The second kappa shape index (κ2) is 6.50. The standard InChI is InChI=1S/C13H13BrN4O2S/c14-11-12(18-15)16-7-17-13(11)21-8-2-3-9-10(6-8)20-5-1-4-19-9/h2-3,6-7H,1,4-5,15H2,(H,16,17,18). The van der Waals surface area contributed by atoms with Crippen LogP contribution in [0.5, 0.6) is 11.5 Å². The lowest BCUT2D eigenvalue weighted by atomic mass is 10.3. The van der Waals surface area contributed by atoms with Gasteiger partial charge in [0.05, 0.1) is 17.7 Å². The predicted octanol–water partition coefficient (Wildman–Crippen LogP) is 2.84. The molecule has 0 saturated heterocycles. The molecule has 0 fully saturated rings. The van der Waals surface area contributed by atoms with Crippen LogP contribution in [0.3, 0.4) is 0 Å². The highest BCUT2D eigenvalue weighted by Gasteiger charge is 2.13. The van der Waals surface area contributed by atoms with Crippen LogP contribution in [0.1, 0.15) is 6.42 Å². The van der Waals surface area contributed by atoms with E-state index in [0.717, 1.165) is 32.3 Å². The highest BCUT2D eigenvalue weighted by atomic mass is 79.9. The minimum Gasteiger partial charge on any atom is -0.490 e. The number of benzene rings is 1. The molecule has 2 heterocycles. The summed E-state index contributed by atoms with van der Waals surface area (Å²) in [4.78, 5) is 9.28. The molecule has 0 amide bonds. The quantitative estimate of drug-likeness (QED) is 0.489. The van der Waals surface area contributed by atoms with Gasteiger partial charge < -0.3 is 14.9 Å². The minimum atomic E-state index is 0.543. The van der Waals surface area contributed by atoms with Gasteiger partial charge in [0.25, 0.3) is 0 Å². The van der Waals surface area contributed by atoms with E-state index in [1.807, 2.05) is 18.2 Å². The largest absolute Gasteiger partial charge is 0.490 e. The summed E-state index contributed by atoms with van der Waals surface area (Å²) in [7, 11) is 0. The van der Waals surface area contributed by atoms with Crippen LogP contribution < -0.4 is 20.7 Å². The molecule has 1 aromatic heterocycles. The summed E-state index contributed by atoms with van der Waals surface area (Å²) in [5.41, 5.74) is 2.52. The molecule has 0 bridgehead atoms. The number of nitrogens with one attached hydrogen (secondary N) is 1. The van der Waals surface area contributed by atoms with Crippen LogP contribution in [0.2, 0.25) is 0 Å². The van der Waals surface area contributed by atoms with E-state index in [9.17, 15) is 0 Å². The summed E-state index contributed by atoms with van der Waals surface area (Å²) in [6.45, 7) is 1.35. The third kappa shape index (κ3) is 3.22. The third-order valence-electron chi connectivity index (χ3n) is 2.83. The maximum atomic E-state index is 5.69. The number of hydrogen-bond acceptors (Lipinski definition) is 7. The van der Waals surface area contributed by atoms with Gasteiger partial charge in [0.1, 0.15) is 11.4 Å². The molecule has 110 valence electrons. The first kappa shape index (κ1) is 14.4. The molecule has 1 aliphatic heterocycles. The fourth-order valence-electron chi connectivity index (χ4n) is 1.84. The zero-order chi connectivity index (χ0) is 14.7. The Kier molecular flexibility index (Phi) is 4.47. The molecule has 6 nitrogen and oxygen atoms in total. The first-order valence-electron chi connectivity index (χ1n) is 6.32. The van der Waals surface area contributed by atoms with Crippen molar-refractivity contribution in [3.8, 4) is 11.5 Å². The number of anilines is 1. The number of hydrazine groups is 1. The number of nitrogens with zero attached hydrogens (tertiary/aromatic N) is 2. The monoisotopic (exact) mass is 368 g/mol. The third-order valence-corrected chi connectivity index (χ3v) is 4.83. The Labute approximate surface area is 134 Å². The van der Waals surface area contributed by atoms with Crippen molar-refractivity contribution >= 4 is 33.5 Å². The summed E-state index contributed by atoms with van der Waals surface area (Å²) in [6, 6.07) is 5.85. The molecule has 0 aliphatic carbocycles.